The fraction of sp³-hybridized carbons (Fsp3) is 0.438. The second-order valence-electron chi connectivity index (χ2n) is 5.62. The molecule has 0 aliphatic heterocycles. The molecule has 2 aromatic heterocycles. The van der Waals surface area contributed by atoms with Crippen molar-refractivity contribution in [1.29, 1.82) is 0 Å². The monoisotopic (exact) mass is 301 g/mol. The van der Waals surface area contributed by atoms with E-state index in [9.17, 15) is 4.79 Å². The molecular formula is C16H19N3O3. The van der Waals surface area contributed by atoms with Gasteiger partial charge in [-0.3, -0.25) is 4.79 Å². The molecule has 1 amide bonds. The molecule has 116 valence electrons. The molecule has 6 heteroatoms. The lowest BCUT2D eigenvalue weighted by Crippen LogP contribution is -2.47. The molecule has 1 fully saturated rings. The van der Waals surface area contributed by atoms with Crippen molar-refractivity contribution >= 4 is 12.0 Å². The van der Waals surface area contributed by atoms with Gasteiger partial charge in [-0.05, 0) is 31.1 Å². The summed E-state index contributed by atoms with van der Waals surface area (Å²) in [5.74, 6) is 1.55. The van der Waals surface area contributed by atoms with E-state index in [1.807, 2.05) is 0 Å². The van der Waals surface area contributed by atoms with Crippen LogP contribution in [0.4, 0.5) is 0 Å². The fourth-order valence-corrected chi connectivity index (χ4v) is 2.87. The number of nitrogens with zero attached hydrogens (tertiary/aromatic N) is 2. The number of hydrogen-bond donors (Lipinski definition) is 1. The van der Waals surface area contributed by atoms with Crippen molar-refractivity contribution in [3.63, 3.8) is 0 Å². The minimum atomic E-state index is -0.527. The van der Waals surface area contributed by atoms with Gasteiger partial charge >= 0.3 is 0 Å². The van der Waals surface area contributed by atoms with Crippen molar-refractivity contribution < 1.29 is 13.7 Å². The Morgan fingerprint density at radius 1 is 1.36 bits per heavy atom. The Balaban J connectivity index is 1.77. The Kier molecular flexibility index (Phi) is 4.09. The Bertz CT molecular complexity index is 652. The lowest BCUT2D eigenvalue weighted by Gasteiger charge is -2.34. The third kappa shape index (κ3) is 3.10. The van der Waals surface area contributed by atoms with Crippen LogP contribution in [0.15, 0.2) is 33.4 Å². The number of carbonyl (C=O) groups excluding carboxylic acids is 1. The van der Waals surface area contributed by atoms with Crippen LogP contribution in [-0.2, 0) is 10.3 Å². The maximum Gasteiger partial charge on any atom is 0.244 e. The average Bonchev–Trinajstić information content (AvgIpc) is 3.17. The van der Waals surface area contributed by atoms with E-state index in [1.54, 1.807) is 31.4 Å². The van der Waals surface area contributed by atoms with E-state index in [-0.39, 0.29) is 5.91 Å². The molecule has 1 N–H and O–H groups in total. The number of aromatic nitrogens is 2. The minimum Gasteiger partial charge on any atom is -0.465 e. The molecule has 22 heavy (non-hydrogen) atoms. The highest BCUT2D eigenvalue weighted by atomic mass is 16.5. The normalized spacial score (nSPS) is 17.7. The van der Waals surface area contributed by atoms with Gasteiger partial charge in [0.25, 0.3) is 0 Å². The summed E-state index contributed by atoms with van der Waals surface area (Å²) in [6, 6.07) is 3.57. The van der Waals surface area contributed by atoms with E-state index in [0.717, 1.165) is 32.1 Å². The highest BCUT2D eigenvalue weighted by Crippen LogP contribution is 2.35. The van der Waals surface area contributed by atoms with Crippen LogP contribution in [0.25, 0.3) is 6.08 Å². The zero-order valence-electron chi connectivity index (χ0n) is 12.5. The summed E-state index contributed by atoms with van der Waals surface area (Å²) >= 11 is 0. The predicted octanol–water partition coefficient (Wildman–Crippen LogP) is 2.96. The second-order valence-corrected chi connectivity index (χ2v) is 5.62. The van der Waals surface area contributed by atoms with Crippen LogP contribution in [0.1, 0.15) is 49.6 Å². The molecular weight excluding hydrogens is 282 g/mol. The Labute approximate surface area is 128 Å². The van der Waals surface area contributed by atoms with E-state index in [2.05, 4.69) is 15.5 Å². The third-order valence-electron chi connectivity index (χ3n) is 3.97. The first kappa shape index (κ1) is 14.6. The van der Waals surface area contributed by atoms with E-state index < -0.39 is 5.54 Å². The van der Waals surface area contributed by atoms with Gasteiger partial charge in [-0.1, -0.05) is 24.4 Å². The maximum absolute atomic E-state index is 12.3. The van der Waals surface area contributed by atoms with Crippen LogP contribution in [0.5, 0.6) is 0 Å². The molecule has 0 radical (unpaired) electrons. The van der Waals surface area contributed by atoms with Gasteiger partial charge < -0.3 is 14.3 Å². The minimum absolute atomic E-state index is 0.180. The highest BCUT2D eigenvalue weighted by molar-refractivity contribution is 5.91. The van der Waals surface area contributed by atoms with Crippen molar-refractivity contribution in [2.45, 2.75) is 44.6 Å². The zero-order chi connectivity index (χ0) is 15.4. The number of nitrogens with one attached hydrogen (secondary N) is 1. The Morgan fingerprint density at radius 2 is 2.18 bits per heavy atom. The van der Waals surface area contributed by atoms with Gasteiger partial charge in [0.05, 0.1) is 6.26 Å². The van der Waals surface area contributed by atoms with Crippen molar-refractivity contribution in [2.24, 2.45) is 0 Å². The van der Waals surface area contributed by atoms with Crippen LogP contribution in [0.2, 0.25) is 0 Å². The summed E-state index contributed by atoms with van der Waals surface area (Å²) in [6.07, 6.45) is 9.58. The maximum atomic E-state index is 12.3. The molecule has 0 atom stereocenters. The largest absolute Gasteiger partial charge is 0.465 e. The number of aryl methyl sites for hydroxylation is 1. The Hall–Kier alpha value is -2.37. The first-order chi connectivity index (χ1) is 10.7. The standard InChI is InChI=1S/C16H19N3O3/c1-12-17-15(19-22-12)16(9-3-2-4-10-16)18-14(20)8-7-13-6-5-11-21-13/h5-8,11H,2-4,9-10H2,1H3,(H,18,20). The SMILES string of the molecule is Cc1nc(C2(NC(=O)C=Cc3ccco3)CCCCC2)no1. The molecule has 0 bridgehead atoms. The van der Waals surface area contributed by atoms with E-state index in [1.165, 1.54) is 6.08 Å². The van der Waals surface area contributed by atoms with Gasteiger partial charge in [0.2, 0.25) is 11.8 Å². The molecule has 0 spiro atoms. The molecule has 1 saturated carbocycles. The van der Waals surface area contributed by atoms with E-state index in [4.69, 9.17) is 8.94 Å². The quantitative estimate of drug-likeness (QED) is 0.878. The summed E-state index contributed by atoms with van der Waals surface area (Å²) in [4.78, 5) is 16.6. The van der Waals surface area contributed by atoms with Crippen molar-refractivity contribution in [3.8, 4) is 0 Å². The van der Waals surface area contributed by atoms with Gasteiger partial charge in [-0.15, -0.1) is 0 Å². The van der Waals surface area contributed by atoms with Crippen LogP contribution < -0.4 is 5.32 Å². The summed E-state index contributed by atoms with van der Waals surface area (Å²) in [6.45, 7) is 1.76. The molecule has 2 aromatic rings. The highest BCUT2D eigenvalue weighted by Gasteiger charge is 2.39. The molecule has 0 unspecified atom stereocenters. The van der Waals surface area contributed by atoms with Crippen molar-refractivity contribution in [3.05, 3.63) is 41.9 Å². The lowest BCUT2D eigenvalue weighted by atomic mass is 9.81. The van der Waals surface area contributed by atoms with Crippen LogP contribution in [0.3, 0.4) is 0 Å². The van der Waals surface area contributed by atoms with Crippen LogP contribution >= 0.6 is 0 Å². The fourth-order valence-electron chi connectivity index (χ4n) is 2.87. The average molecular weight is 301 g/mol. The summed E-state index contributed by atoms with van der Waals surface area (Å²) in [5, 5.41) is 7.10. The molecule has 3 rings (SSSR count). The topological polar surface area (TPSA) is 81.2 Å². The van der Waals surface area contributed by atoms with Crippen LogP contribution in [-0.4, -0.2) is 16.0 Å². The lowest BCUT2D eigenvalue weighted by molar-refractivity contribution is -0.119. The molecule has 6 nitrogen and oxygen atoms in total. The number of amides is 1. The second kappa shape index (κ2) is 6.17. The molecule has 1 aliphatic carbocycles. The zero-order valence-corrected chi connectivity index (χ0v) is 12.5. The van der Waals surface area contributed by atoms with Gasteiger partial charge in [0, 0.05) is 13.0 Å². The van der Waals surface area contributed by atoms with E-state index >= 15 is 0 Å². The molecule has 0 aromatic carbocycles. The molecule has 0 saturated heterocycles. The Morgan fingerprint density at radius 3 is 2.82 bits per heavy atom. The number of carbonyl (C=O) groups is 1. The van der Waals surface area contributed by atoms with Crippen molar-refractivity contribution in [2.75, 3.05) is 0 Å². The number of hydrogen-bond acceptors (Lipinski definition) is 5. The predicted molar refractivity (Wildman–Crippen MR) is 79.7 cm³/mol. The smallest absolute Gasteiger partial charge is 0.244 e. The summed E-state index contributed by atoms with van der Waals surface area (Å²) in [7, 11) is 0. The number of rotatable bonds is 4. The van der Waals surface area contributed by atoms with E-state index in [0.29, 0.717) is 17.5 Å². The molecule has 1 aliphatic rings. The van der Waals surface area contributed by atoms with Gasteiger partial charge in [-0.2, -0.15) is 4.98 Å². The number of furan rings is 1. The summed E-state index contributed by atoms with van der Waals surface area (Å²) < 4.78 is 10.3. The first-order valence-corrected chi connectivity index (χ1v) is 7.52. The van der Waals surface area contributed by atoms with Gasteiger partial charge in [0.1, 0.15) is 11.3 Å². The third-order valence-corrected chi connectivity index (χ3v) is 3.97. The van der Waals surface area contributed by atoms with Gasteiger partial charge in [-0.25, -0.2) is 0 Å². The van der Waals surface area contributed by atoms with Crippen LogP contribution in [0, 0.1) is 6.92 Å². The van der Waals surface area contributed by atoms with Gasteiger partial charge in [0.15, 0.2) is 5.82 Å². The van der Waals surface area contributed by atoms with Crippen molar-refractivity contribution in [1.82, 2.24) is 15.5 Å². The summed E-state index contributed by atoms with van der Waals surface area (Å²) in [5.41, 5.74) is -0.527. The molecule has 2 heterocycles. The first-order valence-electron chi connectivity index (χ1n) is 7.52.